The lowest BCUT2D eigenvalue weighted by atomic mass is 10.0. The summed E-state index contributed by atoms with van der Waals surface area (Å²) in [7, 11) is 0. The highest BCUT2D eigenvalue weighted by molar-refractivity contribution is 6.36. The molecule has 172 valence electrons. The van der Waals surface area contributed by atoms with Crippen molar-refractivity contribution in [2.45, 2.75) is 6.54 Å². The Morgan fingerprint density at radius 3 is 2.74 bits per heavy atom. The van der Waals surface area contributed by atoms with Gasteiger partial charge in [0.15, 0.2) is 0 Å². The van der Waals surface area contributed by atoms with E-state index in [1.54, 1.807) is 28.8 Å². The van der Waals surface area contributed by atoms with Crippen LogP contribution in [0, 0.1) is 0 Å². The number of nitrogens with one attached hydrogen (secondary N) is 1. The van der Waals surface area contributed by atoms with E-state index in [0.29, 0.717) is 32.5 Å². The summed E-state index contributed by atoms with van der Waals surface area (Å²) in [5.74, 6) is -1.20. The number of nitrogens with zero attached hydrogens (tertiary/aromatic N) is 2. The second-order valence-corrected chi connectivity index (χ2v) is 8.84. The van der Waals surface area contributed by atoms with Crippen molar-refractivity contribution in [2.24, 2.45) is 0 Å². The van der Waals surface area contributed by atoms with Crippen LogP contribution in [0.25, 0.3) is 43.9 Å². The number of rotatable bonds is 4. The molecule has 0 fully saturated rings. The van der Waals surface area contributed by atoms with Crippen molar-refractivity contribution >= 4 is 61.9 Å². The molecule has 4 aromatic heterocycles. The van der Waals surface area contributed by atoms with Gasteiger partial charge in [-0.15, -0.1) is 0 Å². The van der Waals surface area contributed by atoms with E-state index in [-0.39, 0.29) is 28.5 Å². The maximum absolute atomic E-state index is 12.8. The molecule has 9 heteroatoms. The van der Waals surface area contributed by atoms with Crippen molar-refractivity contribution < 1.29 is 14.3 Å². The molecule has 35 heavy (non-hydrogen) atoms. The molecule has 0 unspecified atom stereocenters. The minimum Gasteiger partial charge on any atom is -0.477 e. The second kappa shape index (κ2) is 8.01. The quantitative estimate of drug-likeness (QED) is 0.273. The van der Waals surface area contributed by atoms with Gasteiger partial charge in [-0.2, -0.15) is 0 Å². The van der Waals surface area contributed by atoms with E-state index in [1.165, 1.54) is 12.5 Å². The lowest BCUT2D eigenvalue weighted by molar-refractivity contribution is 0.0687. The van der Waals surface area contributed by atoms with Gasteiger partial charge in [0, 0.05) is 28.1 Å². The van der Waals surface area contributed by atoms with Crippen LogP contribution >= 0.6 is 23.2 Å². The SMILES string of the molecule is O=C(O)c1c(-c2ccc[nH]c2=O)c2c3occ(Cl)c3ccc2n1Cc1cc2ccccc2nc1Cl. The fourth-order valence-corrected chi connectivity index (χ4v) is 4.98. The Hall–Kier alpha value is -4.07. The van der Waals surface area contributed by atoms with Crippen molar-refractivity contribution in [2.75, 3.05) is 0 Å². The number of aromatic nitrogens is 3. The fraction of sp³-hybridized carbons (Fsp3) is 0.0385. The first-order valence-electron chi connectivity index (χ1n) is 10.6. The molecule has 0 aliphatic carbocycles. The van der Waals surface area contributed by atoms with Gasteiger partial charge in [0.2, 0.25) is 0 Å². The molecule has 6 aromatic rings. The summed E-state index contributed by atoms with van der Waals surface area (Å²) < 4.78 is 7.37. The van der Waals surface area contributed by atoms with Crippen molar-refractivity contribution in [1.82, 2.24) is 14.5 Å². The van der Waals surface area contributed by atoms with Crippen LogP contribution in [-0.4, -0.2) is 25.6 Å². The zero-order valence-electron chi connectivity index (χ0n) is 17.9. The Labute approximate surface area is 207 Å². The molecule has 0 saturated heterocycles. The molecular weight excluding hydrogens is 489 g/mol. The standard InChI is InChI=1S/C26H15Cl2N3O4/c27-17-12-35-23-15(17)7-8-19-21(23)20(16-5-3-9-29-25(16)32)22(26(33)34)31(19)11-14-10-13-4-1-2-6-18(13)30-24(14)28/h1-10,12H,11H2,(H,29,32)(H,33,34). The molecule has 0 radical (unpaired) electrons. The predicted molar refractivity (Wildman–Crippen MR) is 136 cm³/mol. The molecule has 4 heterocycles. The van der Waals surface area contributed by atoms with Crippen LogP contribution in [0.5, 0.6) is 0 Å². The molecule has 0 saturated carbocycles. The summed E-state index contributed by atoms with van der Waals surface area (Å²) in [6.45, 7) is 0.111. The summed E-state index contributed by atoms with van der Waals surface area (Å²) >= 11 is 12.8. The minimum atomic E-state index is -1.20. The molecule has 0 aliphatic heterocycles. The molecule has 6 rings (SSSR count). The summed E-state index contributed by atoms with van der Waals surface area (Å²) in [5, 5.41) is 13.0. The van der Waals surface area contributed by atoms with Crippen LogP contribution in [0.2, 0.25) is 10.2 Å². The molecular formula is C26H15Cl2N3O4. The topological polar surface area (TPSA) is 101 Å². The van der Waals surface area contributed by atoms with Gasteiger partial charge in [-0.1, -0.05) is 41.4 Å². The Morgan fingerprint density at radius 1 is 1.11 bits per heavy atom. The third kappa shape index (κ3) is 3.31. The number of carboxylic acids is 1. The van der Waals surface area contributed by atoms with E-state index in [9.17, 15) is 14.7 Å². The zero-order valence-corrected chi connectivity index (χ0v) is 19.4. The summed E-state index contributed by atoms with van der Waals surface area (Å²) in [6.07, 6.45) is 2.89. The van der Waals surface area contributed by atoms with E-state index in [4.69, 9.17) is 27.6 Å². The number of carbonyl (C=O) groups is 1. The first-order valence-corrected chi connectivity index (χ1v) is 11.4. The van der Waals surface area contributed by atoms with Crippen molar-refractivity contribution in [3.63, 3.8) is 0 Å². The number of furan rings is 1. The van der Waals surface area contributed by atoms with E-state index < -0.39 is 11.5 Å². The van der Waals surface area contributed by atoms with Gasteiger partial charge >= 0.3 is 5.97 Å². The first-order chi connectivity index (χ1) is 16.9. The molecule has 0 aliphatic rings. The van der Waals surface area contributed by atoms with Crippen molar-refractivity contribution in [1.29, 1.82) is 0 Å². The van der Waals surface area contributed by atoms with E-state index >= 15 is 0 Å². The number of hydrogen-bond donors (Lipinski definition) is 2. The Bertz CT molecular complexity index is 1870. The molecule has 7 nitrogen and oxygen atoms in total. The summed E-state index contributed by atoms with van der Waals surface area (Å²) in [4.78, 5) is 32.6. The summed E-state index contributed by atoms with van der Waals surface area (Å²) in [6, 6.07) is 16.2. The van der Waals surface area contributed by atoms with E-state index in [1.807, 2.05) is 30.3 Å². The van der Waals surface area contributed by atoms with Crippen LogP contribution in [0.3, 0.4) is 0 Å². The number of aromatic amines is 1. The number of halogens is 2. The average molecular weight is 504 g/mol. The molecule has 2 N–H and O–H groups in total. The summed E-state index contributed by atoms with van der Waals surface area (Å²) in [5.41, 5.74) is 2.29. The Kier molecular flexibility index (Phi) is 4.91. The Morgan fingerprint density at radius 2 is 1.94 bits per heavy atom. The predicted octanol–water partition coefficient (Wildman–Crippen LogP) is 6.34. The van der Waals surface area contributed by atoms with Crippen molar-refractivity contribution in [3.05, 3.63) is 98.8 Å². The number of aromatic carboxylic acids is 1. The van der Waals surface area contributed by atoms with Gasteiger partial charge < -0.3 is 19.1 Å². The maximum atomic E-state index is 12.8. The van der Waals surface area contributed by atoms with Gasteiger partial charge in [-0.05, 0) is 36.4 Å². The largest absolute Gasteiger partial charge is 0.477 e. The number of pyridine rings is 2. The minimum absolute atomic E-state index is 0.0686. The molecule has 2 aromatic carbocycles. The number of fused-ring (bicyclic) bond motifs is 4. The fourth-order valence-electron chi connectivity index (χ4n) is 4.58. The van der Waals surface area contributed by atoms with Crippen LogP contribution in [-0.2, 0) is 6.54 Å². The lowest BCUT2D eigenvalue weighted by Crippen LogP contribution is -2.14. The van der Waals surface area contributed by atoms with Gasteiger partial charge in [-0.3, -0.25) is 4.79 Å². The maximum Gasteiger partial charge on any atom is 0.353 e. The van der Waals surface area contributed by atoms with Gasteiger partial charge in [-0.25, -0.2) is 9.78 Å². The first kappa shape index (κ1) is 21.5. The Balaban J connectivity index is 1.72. The van der Waals surface area contributed by atoms with Crippen LogP contribution in [0.15, 0.2) is 76.3 Å². The van der Waals surface area contributed by atoms with Gasteiger partial charge in [0.1, 0.15) is 22.7 Å². The number of para-hydroxylation sites is 1. The number of hydrogen-bond acceptors (Lipinski definition) is 4. The second-order valence-electron chi connectivity index (χ2n) is 8.08. The van der Waals surface area contributed by atoms with Crippen LogP contribution in [0.1, 0.15) is 16.1 Å². The van der Waals surface area contributed by atoms with E-state index in [0.717, 1.165) is 10.9 Å². The zero-order chi connectivity index (χ0) is 24.3. The molecule has 0 atom stereocenters. The number of H-pyrrole nitrogens is 1. The van der Waals surface area contributed by atoms with Crippen molar-refractivity contribution in [3.8, 4) is 11.1 Å². The molecule has 0 bridgehead atoms. The molecule has 0 amide bonds. The third-order valence-corrected chi connectivity index (χ3v) is 6.71. The number of benzene rings is 2. The highest BCUT2D eigenvalue weighted by Gasteiger charge is 2.28. The molecule has 0 spiro atoms. The van der Waals surface area contributed by atoms with Gasteiger partial charge in [0.05, 0.1) is 33.6 Å². The number of carboxylic acid groups (broad SMARTS) is 1. The van der Waals surface area contributed by atoms with Gasteiger partial charge in [0.25, 0.3) is 5.56 Å². The van der Waals surface area contributed by atoms with Crippen LogP contribution in [0.4, 0.5) is 0 Å². The monoisotopic (exact) mass is 503 g/mol. The average Bonchev–Trinajstić information content (AvgIpc) is 3.38. The lowest BCUT2D eigenvalue weighted by Gasteiger charge is -2.11. The smallest absolute Gasteiger partial charge is 0.353 e. The normalized spacial score (nSPS) is 11.6. The van der Waals surface area contributed by atoms with E-state index in [2.05, 4.69) is 9.97 Å². The van der Waals surface area contributed by atoms with Crippen LogP contribution < -0.4 is 5.56 Å². The third-order valence-electron chi connectivity index (χ3n) is 6.09. The highest BCUT2D eigenvalue weighted by atomic mass is 35.5. The highest BCUT2D eigenvalue weighted by Crippen LogP contribution is 2.41.